The van der Waals surface area contributed by atoms with Gasteiger partial charge in [-0.3, -0.25) is 14.5 Å². The lowest BCUT2D eigenvalue weighted by molar-refractivity contribution is -0.139. The third-order valence-electron chi connectivity index (χ3n) is 3.30. The first-order valence-corrected chi connectivity index (χ1v) is 7.23. The van der Waals surface area contributed by atoms with Crippen LogP contribution in [0.4, 0.5) is 5.69 Å². The molecule has 0 radical (unpaired) electrons. The lowest BCUT2D eigenvalue weighted by Gasteiger charge is -2.25. The molecule has 0 aromatic heterocycles. The molecule has 0 bridgehead atoms. The Labute approximate surface area is 129 Å². The number of carbonyl (C=O) groups excluding carboxylic acids is 1. The third kappa shape index (κ3) is 5.73. The summed E-state index contributed by atoms with van der Waals surface area (Å²) in [6.07, 6.45) is 0.770. The van der Waals surface area contributed by atoms with Crippen molar-refractivity contribution in [2.75, 3.05) is 18.4 Å². The van der Waals surface area contributed by atoms with Crippen LogP contribution in [0.1, 0.15) is 25.8 Å². The average molecular weight is 313 g/mol. The standard InChI is InChI=1S/C15H21ClN2O3/c1-4-11(3)18(9-15(20)21)8-14(19)17-13-6-5-10(2)7-12(13)16/h5-7,11H,4,8-9H2,1-3H3,(H,17,19)(H,20,21). The molecule has 21 heavy (non-hydrogen) atoms. The number of hydrogen-bond donors (Lipinski definition) is 2. The van der Waals surface area contributed by atoms with Crippen molar-refractivity contribution < 1.29 is 14.7 Å². The largest absolute Gasteiger partial charge is 0.480 e. The Morgan fingerprint density at radius 3 is 2.57 bits per heavy atom. The molecular weight excluding hydrogens is 292 g/mol. The molecule has 0 spiro atoms. The van der Waals surface area contributed by atoms with Gasteiger partial charge in [-0.15, -0.1) is 0 Å². The molecule has 116 valence electrons. The van der Waals surface area contributed by atoms with Crippen molar-refractivity contribution in [3.05, 3.63) is 28.8 Å². The van der Waals surface area contributed by atoms with Crippen molar-refractivity contribution in [3.8, 4) is 0 Å². The van der Waals surface area contributed by atoms with Crippen LogP contribution in [0.3, 0.4) is 0 Å². The summed E-state index contributed by atoms with van der Waals surface area (Å²) in [4.78, 5) is 24.5. The van der Waals surface area contributed by atoms with Gasteiger partial charge in [0.15, 0.2) is 0 Å². The van der Waals surface area contributed by atoms with E-state index in [0.717, 1.165) is 12.0 Å². The van der Waals surface area contributed by atoms with Crippen molar-refractivity contribution in [2.45, 2.75) is 33.2 Å². The Kier molecular flexibility index (Phi) is 6.65. The summed E-state index contributed by atoms with van der Waals surface area (Å²) in [7, 11) is 0. The second-order valence-corrected chi connectivity index (χ2v) is 5.49. The molecule has 1 amide bonds. The molecule has 0 aliphatic carbocycles. The van der Waals surface area contributed by atoms with Crippen LogP contribution in [0.5, 0.6) is 0 Å². The van der Waals surface area contributed by atoms with Crippen LogP contribution in [0.2, 0.25) is 5.02 Å². The number of anilines is 1. The summed E-state index contributed by atoms with van der Waals surface area (Å²) in [5, 5.41) is 12.1. The Morgan fingerprint density at radius 2 is 2.05 bits per heavy atom. The van der Waals surface area contributed by atoms with Crippen molar-refractivity contribution in [2.24, 2.45) is 0 Å². The summed E-state index contributed by atoms with van der Waals surface area (Å²) < 4.78 is 0. The van der Waals surface area contributed by atoms with Crippen molar-refractivity contribution in [1.82, 2.24) is 4.90 Å². The maximum atomic E-state index is 12.1. The third-order valence-corrected chi connectivity index (χ3v) is 3.61. The minimum atomic E-state index is -0.948. The van der Waals surface area contributed by atoms with E-state index >= 15 is 0 Å². The summed E-state index contributed by atoms with van der Waals surface area (Å²) >= 11 is 6.06. The molecule has 0 saturated heterocycles. The summed E-state index contributed by atoms with van der Waals surface area (Å²) in [5.74, 6) is -1.22. The van der Waals surface area contributed by atoms with Gasteiger partial charge in [0.1, 0.15) is 0 Å². The molecule has 2 N–H and O–H groups in total. The number of aliphatic carboxylic acids is 1. The van der Waals surface area contributed by atoms with Crippen molar-refractivity contribution in [1.29, 1.82) is 0 Å². The highest BCUT2D eigenvalue weighted by molar-refractivity contribution is 6.33. The second-order valence-electron chi connectivity index (χ2n) is 5.09. The minimum Gasteiger partial charge on any atom is -0.480 e. The molecular formula is C15H21ClN2O3. The predicted molar refractivity (Wildman–Crippen MR) is 83.8 cm³/mol. The molecule has 5 nitrogen and oxygen atoms in total. The van der Waals surface area contributed by atoms with Crippen LogP contribution in [-0.4, -0.2) is 41.0 Å². The fourth-order valence-electron chi connectivity index (χ4n) is 1.90. The van der Waals surface area contributed by atoms with E-state index < -0.39 is 5.97 Å². The average Bonchev–Trinajstić information content (AvgIpc) is 2.39. The molecule has 0 saturated carbocycles. The van der Waals surface area contributed by atoms with Gasteiger partial charge in [-0.25, -0.2) is 0 Å². The SMILES string of the molecule is CCC(C)N(CC(=O)O)CC(=O)Nc1ccc(C)cc1Cl. The smallest absolute Gasteiger partial charge is 0.317 e. The zero-order chi connectivity index (χ0) is 16.0. The normalized spacial score (nSPS) is 12.2. The first-order valence-electron chi connectivity index (χ1n) is 6.85. The van der Waals surface area contributed by atoms with Crippen molar-refractivity contribution in [3.63, 3.8) is 0 Å². The Morgan fingerprint density at radius 1 is 1.38 bits per heavy atom. The fraction of sp³-hybridized carbons (Fsp3) is 0.467. The number of nitrogens with one attached hydrogen (secondary N) is 1. The Balaban J connectivity index is 2.71. The van der Waals surface area contributed by atoms with Crippen LogP contribution in [-0.2, 0) is 9.59 Å². The molecule has 1 rings (SSSR count). The molecule has 1 aromatic carbocycles. The van der Waals surface area contributed by atoms with Gasteiger partial charge >= 0.3 is 5.97 Å². The number of benzene rings is 1. The van der Waals surface area contributed by atoms with E-state index in [1.165, 1.54) is 0 Å². The van der Waals surface area contributed by atoms with E-state index in [1.807, 2.05) is 26.8 Å². The number of rotatable bonds is 7. The van der Waals surface area contributed by atoms with E-state index in [1.54, 1.807) is 17.0 Å². The van der Waals surface area contributed by atoms with Gasteiger partial charge in [0.2, 0.25) is 5.91 Å². The van der Waals surface area contributed by atoms with Crippen molar-refractivity contribution >= 4 is 29.2 Å². The monoisotopic (exact) mass is 312 g/mol. The highest BCUT2D eigenvalue weighted by Gasteiger charge is 2.19. The number of amides is 1. The molecule has 1 aromatic rings. The number of halogens is 1. The molecule has 1 atom stereocenters. The van der Waals surface area contributed by atoms with Gasteiger partial charge in [-0.05, 0) is 38.0 Å². The van der Waals surface area contributed by atoms with Crippen LogP contribution in [0, 0.1) is 6.92 Å². The topological polar surface area (TPSA) is 69.6 Å². The Hall–Kier alpha value is -1.59. The first kappa shape index (κ1) is 17.5. The number of hydrogen-bond acceptors (Lipinski definition) is 3. The van der Waals surface area contributed by atoms with Gasteiger partial charge in [0, 0.05) is 6.04 Å². The van der Waals surface area contributed by atoms with Crippen LogP contribution < -0.4 is 5.32 Å². The second kappa shape index (κ2) is 8.00. The summed E-state index contributed by atoms with van der Waals surface area (Å²) in [6, 6.07) is 5.37. The van der Waals surface area contributed by atoms with E-state index in [0.29, 0.717) is 10.7 Å². The van der Waals surface area contributed by atoms with E-state index in [9.17, 15) is 9.59 Å². The summed E-state index contributed by atoms with van der Waals surface area (Å²) in [5.41, 5.74) is 1.54. The van der Waals surface area contributed by atoms with Crippen LogP contribution >= 0.6 is 11.6 Å². The number of aryl methyl sites for hydroxylation is 1. The van der Waals surface area contributed by atoms with Gasteiger partial charge in [-0.2, -0.15) is 0 Å². The van der Waals surface area contributed by atoms with Crippen LogP contribution in [0.15, 0.2) is 18.2 Å². The number of carboxylic acids is 1. The van der Waals surface area contributed by atoms with Gasteiger partial charge < -0.3 is 10.4 Å². The number of carbonyl (C=O) groups is 2. The maximum Gasteiger partial charge on any atom is 0.317 e. The van der Waals surface area contributed by atoms with E-state index in [2.05, 4.69) is 5.32 Å². The minimum absolute atomic E-state index is 0.0142. The molecule has 0 aliphatic heterocycles. The first-order chi connectivity index (χ1) is 9.83. The van der Waals surface area contributed by atoms with E-state index in [-0.39, 0.29) is 25.0 Å². The molecule has 1 unspecified atom stereocenters. The summed E-state index contributed by atoms with van der Waals surface area (Å²) in [6.45, 7) is 5.62. The Bertz CT molecular complexity index is 520. The number of carboxylic acid groups (broad SMARTS) is 1. The maximum absolute atomic E-state index is 12.1. The lowest BCUT2D eigenvalue weighted by Crippen LogP contribution is -2.42. The van der Waals surface area contributed by atoms with Gasteiger partial charge in [0.25, 0.3) is 0 Å². The highest BCUT2D eigenvalue weighted by atomic mass is 35.5. The molecule has 0 heterocycles. The fourth-order valence-corrected chi connectivity index (χ4v) is 2.18. The molecule has 0 aliphatic rings. The van der Waals surface area contributed by atoms with E-state index in [4.69, 9.17) is 16.7 Å². The zero-order valence-electron chi connectivity index (χ0n) is 12.5. The molecule has 6 heteroatoms. The zero-order valence-corrected chi connectivity index (χ0v) is 13.3. The highest BCUT2D eigenvalue weighted by Crippen LogP contribution is 2.22. The molecule has 0 fully saturated rings. The van der Waals surface area contributed by atoms with Gasteiger partial charge in [-0.1, -0.05) is 24.6 Å². The van der Waals surface area contributed by atoms with Crippen LogP contribution in [0.25, 0.3) is 0 Å². The predicted octanol–water partition coefficient (Wildman–Crippen LogP) is 2.77. The quantitative estimate of drug-likeness (QED) is 0.812. The van der Waals surface area contributed by atoms with Gasteiger partial charge in [0.05, 0.1) is 23.8 Å². The lowest BCUT2D eigenvalue weighted by atomic mass is 10.2. The number of nitrogens with zero attached hydrogens (tertiary/aromatic N) is 1.